The molecule has 1 aliphatic heterocycles. The molecule has 0 saturated heterocycles. The van der Waals surface area contributed by atoms with Crippen molar-refractivity contribution in [2.75, 3.05) is 12.1 Å². The maximum Gasteiger partial charge on any atom is 0.231 e. The zero-order chi connectivity index (χ0) is 14.7. The largest absolute Gasteiger partial charge is 0.454 e. The molecule has 0 radical (unpaired) electrons. The van der Waals surface area contributed by atoms with Crippen molar-refractivity contribution in [3.05, 3.63) is 53.6 Å². The molecular formula is C17H17NO3. The Hall–Kier alpha value is -2.49. The molecule has 4 nitrogen and oxygen atoms in total. The Morgan fingerprint density at radius 1 is 1.14 bits per heavy atom. The van der Waals surface area contributed by atoms with Gasteiger partial charge in [-0.15, -0.1) is 0 Å². The summed E-state index contributed by atoms with van der Waals surface area (Å²) in [6.07, 6.45) is 1.04. The zero-order valence-corrected chi connectivity index (χ0v) is 11.9. The first-order chi connectivity index (χ1) is 10.2. The van der Waals surface area contributed by atoms with Crippen LogP contribution in [0.1, 0.15) is 17.5 Å². The molecule has 0 aliphatic carbocycles. The molecule has 2 aromatic rings. The van der Waals surface area contributed by atoms with E-state index in [1.54, 1.807) is 0 Å². The molecule has 1 aliphatic rings. The SMILES string of the molecule is Cc1ccccc1NC(=O)CCc1cccc2c1OCO2. The van der Waals surface area contributed by atoms with Crippen LogP contribution >= 0.6 is 0 Å². The van der Waals surface area contributed by atoms with E-state index in [4.69, 9.17) is 9.47 Å². The number of hydrogen-bond acceptors (Lipinski definition) is 3. The van der Waals surface area contributed by atoms with E-state index in [2.05, 4.69) is 5.32 Å². The van der Waals surface area contributed by atoms with Gasteiger partial charge in [-0.1, -0.05) is 30.3 Å². The Morgan fingerprint density at radius 2 is 2.00 bits per heavy atom. The fraction of sp³-hybridized carbons (Fsp3) is 0.235. The van der Waals surface area contributed by atoms with Gasteiger partial charge in [-0.3, -0.25) is 4.79 Å². The monoisotopic (exact) mass is 283 g/mol. The smallest absolute Gasteiger partial charge is 0.231 e. The Bertz CT molecular complexity index is 667. The molecule has 0 spiro atoms. The third-order valence-corrected chi connectivity index (χ3v) is 3.52. The number of fused-ring (bicyclic) bond motifs is 1. The van der Waals surface area contributed by atoms with Crippen LogP contribution in [0.25, 0.3) is 0 Å². The number of hydrogen-bond donors (Lipinski definition) is 1. The average molecular weight is 283 g/mol. The minimum Gasteiger partial charge on any atom is -0.454 e. The fourth-order valence-corrected chi connectivity index (χ4v) is 2.36. The van der Waals surface area contributed by atoms with Gasteiger partial charge in [0.05, 0.1) is 0 Å². The molecule has 21 heavy (non-hydrogen) atoms. The van der Waals surface area contributed by atoms with E-state index in [9.17, 15) is 4.79 Å². The second kappa shape index (κ2) is 5.87. The number of benzene rings is 2. The minimum atomic E-state index is 0.000758. The molecule has 1 heterocycles. The molecule has 3 rings (SSSR count). The Balaban J connectivity index is 1.62. The van der Waals surface area contributed by atoms with Gasteiger partial charge in [-0.2, -0.15) is 0 Å². The van der Waals surface area contributed by atoms with E-state index in [1.165, 1.54) is 0 Å². The number of rotatable bonds is 4. The van der Waals surface area contributed by atoms with Gasteiger partial charge in [0, 0.05) is 12.1 Å². The van der Waals surface area contributed by atoms with Crippen molar-refractivity contribution in [2.24, 2.45) is 0 Å². The summed E-state index contributed by atoms with van der Waals surface area (Å²) in [6, 6.07) is 13.5. The van der Waals surface area contributed by atoms with Crippen molar-refractivity contribution in [3.63, 3.8) is 0 Å². The maximum absolute atomic E-state index is 12.1. The summed E-state index contributed by atoms with van der Waals surface area (Å²) < 4.78 is 10.8. The lowest BCUT2D eigenvalue weighted by Crippen LogP contribution is -2.13. The van der Waals surface area contributed by atoms with Gasteiger partial charge in [0.2, 0.25) is 12.7 Å². The number of carbonyl (C=O) groups is 1. The second-order valence-corrected chi connectivity index (χ2v) is 5.01. The Labute approximate surface area is 123 Å². The Kier molecular flexibility index (Phi) is 3.77. The molecule has 0 atom stereocenters. The van der Waals surface area contributed by atoms with E-state index in [0.717, 1.165) is 28.3 Å². The van der Waals surface area contributed by atoms with Gasteiger partial charge in [0.15, 0.2) is 11.5 Å². The normalized spacial score (nSPS) is 12.2. The highest BCUT2D eigenvalue weighted by molar-refractivity contribution is 5.91. The highest BCUT2D eigenvalue weighted by atomic mass is 16.7. The Morgan fingerprint density at radius 3 is 2.86 bits per heavy atom. The molecule has 2 aromatic carbocycles. The molecule has 0 unspecified atom stereocenters. The maximum atomic E-state index is 12.1. The number of aryl methyl sites for hydroxylation is 2. The van der Waals surface area contributed by atoms with Crippen LogP contribution in [-0.2, 0) is 11.2 Å². The summed E-state index contributed by atoms with van der Waals surface area (Å²) in [4.78, 5) is 12.1. The summed E-state index contributed by atoms with van der Waals surface area (Å²) in [5, 5.41) is 2.94. The number of nitrogens with one attached hydrogen (secondary N) is 1. The predicted molar refractivity (Wildman–Crippen MR) is 80.7 cm³/mol. The minimum absolute atomic E-state index is 0.000758. The third-order valence-electron chi connectivity index (χ3n) is 3.52. The highest BCUT2D eigenvalue weighted by Gasteiger charge is 2.17. The molecular weight excluding hydrogens is 266 g/mol. The van der Waals surface area contributed by atoms with E-state index >= 15 is 0 Å². The van der Waals surface area contributed by atoms with Gasteiger partial charge in [-0.05, 0) is 36.6 Å². The van der Waals surface area contributed by atoms with Gasteiger partial charge >= 0.3 is 0 Å². The lowest BCUT2D eigenvalue weighted by molar-refractivity contribution is -0.116. The summed E-state index contributed by atoms with van der Waals surface area (Å²) in [7, 11) is 0. The number of ether oxygens (including phenoxy) is 2. The number of anilines is 1. The van der Waals surface area contributed by atoms with Crippen molar-refractivity contribution in [3.8, 4) is 11.5 Å². The fourth-order valence-electron chi connectivity index (χ4n) is 2.36. The van der Waals surface area contributed by atoms with Crippen LogP contribution in [0.15, 0.2) is 42.5 Å². The molecule has 4 heteroatoms. The lowest BCUT2D eigenvalue weighted by atomic mass is 10.1. The van der Waals surface area contributed by atoms with Crippen LogP contribution in [0.4, 0.5) is 5.69 Å². The lowest BCUT2D eigenvalue weighted by Gasteiger charge is -2.09. The molecule has 1 amide bonds. The van der Waals surface area contributed by atoms with Crippen LogP contribution in [0.5, 0.6) is 11.5 Å². The van der Waals surface area contributed by atoms with Crippen LogP contribution in [0.2, 0.25) is 0 Å². The molecule has 0 fully saturated rings. The highest BCUT2D eigenvalue weighted by Crippen LogP contribution is 2.35. The standard InChI is InChI=1S/C17H17NO3/c1-12-5-2-3-7-14(12)18-16(19)10-9-13-6-4-8-15-17(13)21-11-20-15/h2-8H,9-11H2,1H3,(H,18,19). The van der Waals surface area contributed by atoms with Crippen LogP contribution in [0.3, 0.4) is 0 Å². The first-order valence-corrected chi connectivity index (χ1v) is 6.97. The van der Waals surface area contributed by atoms with Gasteiger partial charge < -0.3 is 14.8 Å². The quantitative estimate of drug-likeness (QED) is 0.936. The van der Waals surface area contributed by atoms with E-state index < -0.39 is 0 Å². The van der Waals surface area contributed by atoms with Gasteiger partial charge in [0.25, 0.3) is 0 Å². The third kappa shape index (κ3) is 2.99. The number of amides is 1. The molecule has 1 N–H and O–H groups in total. The van der Waals surface area contributed by atoms with Crippen molar-refractivity contribution in [2.45, 2.75) is 19.8 Å². The van der Waals surface area contributed by atoms with Crippen molar-refractivity contribution >= 4 is 11.6 Å². The van der Waals surface area contributed by atoms with Crippen LogP contribution in [-0.4, -0.2) is 12.7 Å². The number of para-hydroxylation sites is 2. The van der Waals surface area contributed by atoms with Crippen LogP contribution < -0.4 is 14.8 Å². The topological polar surface area (TPSA) is 47.6 Å². The van der Waals surface area contributed by atoms with Crippen LogP contribution in [0, 0.1) is 6.92 Å². The van der Waals surface area contributed by atoms with E-state index in [0.29, 0.717) is 12.8 Å². The van der Waals surface area contributed by atoms with Crippen molar-refractivity contribution < 1.29 is 14.3 Å². The molecule has 108 valence electrons. The van der Waals surface area contributed by atoms with Crippen molar-refractivity contribution in [1.82, 2.24) is 0 Å². The summed E-state index contributed by atoms with van der Waals surface area (Å²) in [6.45, 7) is 2.23. The average Bonchev–Trinajstić information content (AvgIpc) is 2.96. The summed E-state index contributed by atoms with van der Waals surface area (Å²) in [5.74, 6) is 1.52. The molecule has 0 aromatic heterocycles. The summed E-state index contributed by atoms with van der Waals surface area (Å²) >= 11 is 0. The first kappa shape index (κ1) is 13.5. The molecule has 0 saturated carbocycles. The molecule has 0 bridgehead atoms. The van der Waals surface area contributed by atoms with Gasteiger partial charge in [0.1, 0.15) is 0 Å². The number of carbonyl (C=O) groups excluding carboxylic acids is 1. The van der Waals surface area contributed by atoms with E-state index in [-0.39, 0.29) is 12.7 Å². The predicted octanol–water partition coefficient (Wildman–Crippen LogP) is 3.30. The van der Waals surface area contributed by atoms with Gasteiger partial charge in [-0.25, -0.2) is 0 Å². The first-order valence-electron chi connectivity index (χ1n) is 6.97. The second-order valence-electron chi connectivity index (χ2n) is 5.01. The summed E-state index contributed by atoms with van der Waals surface area (Å²) in [5.41, 5.74) is 2.92. The zero-order valence-electron chi connectivity index (χ0n) is 11.9. The van der Waals surface area contributed by atoms with E-state index in [1.807, 2.05) is 49.4 Å². The van der Waals surface area contributed by atoms with Crippen molar-refractivity contribution in [1.29, 1.82) is 0 Å².